The van der Waals surface area contributed by atoms with Gasteiger partial charge in [-0.2, -0.15) is 0 Å². The number of nitrogens with zero attached hydrogens (tertiary/aromatic N) is 1. The standard InChI is InChI=1S/C12H24N2O3/c1-8(2)6-10(12(16)17)13-11(15)7-14(5)9(3)4/h8-10H,6-7H2,1-5H3,(H,13,15)(H,16,17)/t10-/m0/s1. The Labute approximate surface area is 103 Å². The molecule has 0 aliphatic rings. The maximum absolute atomic E-state index is 11.6. The number of amides is 1. The number of hydrogen-bond acceptors (Lipinski definition) is 3. The van der Waals surface area contributed by atoms with E-state index >= 15 is 0 Å². The maximum atomic E-state index is 11.6. The summed E-state index contributed by atoms with van der Waals surface area (Å²) in [5.41, 5.74) is 0. The normalized spacial score (nSPS) is 13.2. The van der Waals surface area contributed by atoms with Gasteiger partial charge >= 0.3 is 5.97 Å². The van der Waals surface area contributed by atoms with Crippen LogP contribution in [-0.4, -0.2) is 47.6 Å². The van der Waals surface area contributed by atoms with Gasteiger partial charge in [-0.15, -0.1) is 0 Å². The first-order valence-corrected chi connectivity index (χ1v) is 5.96. The number of nitrogens with one attached hydrogen (secondary N) is 1. The highest BCUT2D eigenvalue weighted by Crippen LogP contribution is 2.05. The fourth-order valence-corrected chi connectivity index (χ4v) is 1.34. The molecule has 1 atom stereocenters. The van der Waals surface area contributed by atoms with E-state index in [1.54, 1.807) is 0 Å². The zero-order valence-electron chi connectivity index (χ0n) is 11.4. The third-order valence-corrected chi connectivity index (χ3v) is 2.61. The predicted octanol–water partition coefficient (Wildman–Crippen LogP) is 0.942. The third-order valence-electron chi connectivity index (χ3n) is 2.61. The Kier molecular flexibility index (Phi) is 6.80. The highest BCUT2D eigenvalue weighted by Gasteiger charge is 2.21. The van der Waals surface area contributed by atoms with Gasteiger partial charge in [0.05, 0.1) is 6.54 Å². The summed E-state index contributed by atoms with van der Waals surface area (Å²) in [4.78, 5) is 24.5. The lowest BCUT2D eigenvalue weighted by molar-refractivity contribution is -0.142. The van der Waals surface area contributed by atoms with Crippen LogP contribution in [0.4, 0.5) is 0 Å². The van der Waals surface area contributed by atoms with Gasteiger partial charge in [0.1, 0.15) is 6.04 Å². The zero-order chi connectivity index (χ0) is 13.6. The van der Waals surface area contributed by atoms with E-state index < -0.39 is 12.0 Å². The number of carbonyl (C=O) groups excluding carboxylic acids is 1. The second-order valence-corrected chi connectivity index (χ2v) is 5.10. The summed E-state index contributed by atoms with van der Waals surface area (Å²) in [7, 11) is 1.84. The average Bonchev–Trinajstić information content (AvgIpc) is 2.15. The average molecular weight is 244 g/mol. The second kappa shape index (κ2) is 7.27. The van der Waals surface area contributed by atoms with E-state index in [2.05, 4.69) is 5.32 Å². The molecule has 5 heteroatoms. The number of likely N-dealkylation sites (N-methyl/N-ethyl adjacent to an activating group) is 1. The molecule has 0 rings (SSSR count). The number of carboxylic acids is 1. The van der Waals surface area contributed by atoms with Crippen LogP contribution in [0.2, 0.25) is 0 Å². The minimum atomic E-state index is -0.973. The molecule has 5 nitrogen and oxygen atoms in total. The Morgan fingerprint density at radius 3 is 2.12 bits per heavy atom. The lowest BCUT2D eigenvalue weighted by Gasteiger charge is -2.22. The van der Waals surface area contributed by atoms with Crippen molar-refractivity contribution in [3.8, 4) is 0 Å². The zero-order valence-corrected chi connectivity index (χ0v) is 11.4. The fourth-order valence-electron chi connectivity index (χ4n) is 1.34. The Morgan fingerprint density at radius 2 is 1.76 bits per heavy atom. The second-order valence-electron chi connectivity index (χ2n) is 5.10. The Balaban J connectivity index is 4.26. The lowest BCUT2D eigenvalue weighted by Crippen LogP contribution is -2.46. The summed E-state index contributed by atoms with van der Waals surface area (Å²) in [6, 6.07) is -0.530. The number of carbonyl (C=O) groups is 2. The van der Waals surface area contributed by atoms with Crippen LogP contribution >= 0.6 is 0 Å². The molecule has 0 aliphatic carbocycles. The molecular weight excluding hydrogens is 220 g/mol. The molecule has 0 aromatic heterocycles. The molecule has 0 unspecified atom stereocenters. The van der Waals surface area contributed by atoms with E-state index in [-0.39, 0.29) is 24.4 Å². The molecular formula is C12H24N2O3. The summed E-state index contributed by atoms with van der Waals surface area (Å²) in [6.45, 7) is 8.05. The van der Waals surface area contributed by atoms with Crippen LogP contribution in [0.25, 0.3) is 0 Å². The van der Waals surface area contributed by atoms with Crippen LogP contribution in [0, 0.1) is 5.92 Å². The molecule has 0 saturated heterocycles. The number of hydrogen-bond donors (Lipinski definition) is 2. The van der Waals surface area contributed by atoms with E-state index in [9.17, 15) is 9.59 Å². The van der Waals surface area contributed by atoms with E-state index in [1.165, 1.54) is 0 Å². The summed E-state index contributed by atoms with van der Waals surface area (Å²) < 4.78 is 0. The van der Waals surface area contributed by atoms with Gasteiger partial charge in [0, 0.05) is 6.04 Å². The van der Waals surface area contributed by atoms with Crippen LogP contribution in [0.5, 0.6) is 0 Å². The van der Waals surface area contributed by atoms with Crippen LogP contribution in [0.1, 0.15) is 34.1 Å². The molecule has 0 radical (unpaired) electrons. The molecule has 0 saturated carbocycles. The number of carboxylic acid groups (broad SMARTS) is 1. The van der Waals surface area contributed by atoms with Gasteiger partial charge in [0.25, 0.3) is 0 Å². The van der Waals surface area contributed by atoms with Gasteiger partial charge in [-0.3, -0.25) is 9.69 Å². The molecule has 0 heterocycles. The highest BCUT2D eigenvalue weighted by molar-refractivity contribution is 5.84. The molecule has 100 valence electrons. The van der Waals surface area contributed by atoms with Gasteiger partial charge in [0.2, 0.25) is 5.91 Å². The molecule has 0 aromatic carbocycles. The minimum Gasteiger partial charge on any atom is -0.480 e. The summed E-state index contributed by atoms with van der Waals surface area (Å²) in [5, 5.41) is 11.5. The van der Waals surface area contributed by atoms with Crippen LogP contribution < -0.4 is 5.32 Å². The third kappa shape index (κ3) is 6.94. The molecule has 0 bridgehead atoms. The van der Waals surface area contributed by atoms with Gasteiger partial charge in [0.15, 0.2) is 0 Å². The molecule has 2 N–H and O–H groups in total. The topological polar surface area (TPSA) is 69.6 Å². The van der Waals surface area contributed by atoms with Crippen molar-refractivity contribution < 1.29 is 14.7 Å². The fraction of sp³-hybridized carbons (Fsp3) is 0.833. The van der Waals surface area contributed by atoms with E-state index in [0.717, 1.165) is 0 Å². The minimum absolute atomic E-state index is 0.222. The Hall–Kier alpha value is -1.10. The molecule has 1 amide bonds. The Bertz CT molecular complexity index is 264. The quantitative estimate of drug-likeness (QED) is 0.699. The smallest absolute Gasteiger partial charge is 0.326 e. The van der Waals surface area contributed by atoms with Crippen LogP contribution in [0.3, 0.4) is 0 Å². The first kappa shape index (κ1) is 15.9. The predicted molar refractivity (Wildman–Crippen MR) is 66.8 cm³/mol. The lowest BCUT2D eigenvalue weighted by atomic mass is 10.0. The van der Waals surface area contributed by atoms with Crippen molar-refractivity contribution in [2.75, 3.05) is 13.6 Å². The van der Waals surface area contributed by atoms with Crippen molar-refractivity contribution in [2.24, 2.45) is 5.92 Å². The van der Waals surface area contributed by atoms with Gasteiger partial charge in [-0.05, 0) is 33.2 Å². The summed E-state index contributed by atoms with van der Waals surface area (Å²) >= 11 is 0. The van der Waals surface area contributed by atoms with E-state index in [4.69, 9.17) is 5.11 Å². The monoisotopic (exact) mass is 244 g/mol. The van der Waals surface area contributed by atoms with Crippen molar-refractivity contribution in [2.45, 2.75) is 46.2 Å². The van der Waals surface area contributed by atoms with Crippen molar-refractivity contribution in [3.63, 3.8) is 0 Å². The van der Waals surface area contributed by atoms with Crippen molar-refractivity contribution >= 4 is 11.9 Å². The van der Waals surface area contributed by atoms with E-state index in [1.807, 2.05) is 39.6 Å². The van der Waals surface area contributed by atoms with Crippen molar-refractivity contribution in [1.82, 2.24) is 10.2 Å². The molecule has 0 fully saturated rings. The molecule has 0 aliphatic heterocycles. The van der Waals surface area contributed by atoms with Gasteiger partial charge in [-0.25, -0.2) is 4.79 Å². The molecule has 17 heavy (non-hydrogen) atoms. The van der Waals surface area contributed by atoms with Crippen molar-refractivity contribution in [3.05, 3.63) is 0 Å². The molecule has 0 spiro atoms. The SMILES string of the molecule is CC(C)C[C@H](NC(=O)CN(C)C(C)C)C(=O)O. The van der Waals surface area contributed by atoms with Crippen molar-refractivity contribution in [1.29, 1.82) is 0 Å². The largest absolute Gasteiger partial charge is 0.480 e. The summed E-state index contributed by atoms with van der Waals surface area (Å²) in [6.07, 6.45) is 0.451. The van der Waals surface area contributed by atoms with Gasteiger partial charge < -0.3 is 10.4 Å². The molecule has 0 aromatic rings. The number of rotatable bonds is 7. The highest BCUT2D eigenvalue weighted by atomic mass is 16.4. The first-order valence-electron chi connectivity index (χ1n) is 5.96. The Morgan fingerprint density at radius 1 is 1.24 bits per heavy atom. The van der Waals surface area contributed by atoms with Crippen LogP contribution in [0.15, 0.2) is 0 Å². The van der Waals surface area contributed by atoms with Gasteiger partial charge in [-0.1, -0.05) is 13.8 Å². The van der Waals surface area contributed by atoms with Crippen LogP contribution in [-0.2, 0) is 9.59 Å². The first-order chi connectivity index (χ1) is 7.73. The maximum Gasteiger partial charge on any atom is 0.326 e. The van der Waals surface area contributed by atoms with E-state index in [0.29, 0.717) is 6.42 Å². The summed E-state index contributed by atoms with van der Waals surface area (Å²) in [5.74, 6) is -0.979. The number of aliphatic carboxylic acids is 1.